The van der Waals surface area contributed by atoms with Crippen molar-refractivity contribution in [3.63, 3.8) is 0 Å². The Morgan fingerprint density at radius 3 is 2.14 bits per heavy atom. The van der Waals surface area contributed by atoms with Gasteiger partial charge in [-0.2, -0.15) is 5.10 Å². The molecule has 0 amide bonds. The number of hydrazone groups is 1. The van der Waals surface area contributed by atoms with Crippen LogP contribution in [-0.2, 0) is 0 Å². The highest BCUT2D eigenvalue weighted by molar-refractivity contribution is 5.99. The summed E-state index contributed by atoms with van der Waals surface area (Å²) in [5, 5.41) is 4.75. The lowest BCUT2D eigenvalue weighted by Gasteiger charge is -2.12. The second kappa shape index (κ2) is 11.3. The lowest BCUT2D eigenvalue weighted by molar-refractivity contribution is 0.686. The number of nitrogens with zero attached hydrogens (tertiary/aromatic N) is 1. The van der Waals surface area contributed by atoms with Gasteiger partial charge < -0.3 is 5.43 Å². The van der Waals surface area contributed by atoms with E-state index in [4.69, 9.17) is 5.10 Å². The Bertz CT molecular complexity index is 375. The maximum atomic E-state index is 4.75. The molecule has 0 atom stereocenters. The van der Waals surface area contributed by atoms with Crippen LogP contribution in [0.25, 0.3) is 0 Å². The van der Waals surface area contributed by atoms with Crippen molar-refractivity contribution < 1.29 is 0 Å². The number of hydrogen-bond donors (Lipinski definition) is 1. The minimum Gasteiger partial charge on any atom is -0.310 e. The maximum Gasteiger partial charge on any atom is 0.0631 e. The molecule has 0 unspecified atom stereocenters. The SMILES string of the molecule is C1=CCCCC(C2=NNCCCC=CCCC2)=CCCCC1. The fourth-order valence-electron chi connectivity index (χ4n) is 3.05. The summed E-state index contributed by atoms with van der Waals surface area (Å²) in [6.07, 6.45) is 26.5. The summed E-state index contributed by atoms with van der Waals surface area (Å²) in [5.74, 6) is 0. The maximum absolute atomic E-state index is 4.75. The lowest BCUT2D eigenvalue weighted by Crippen LogP contribution is -2.14. The molecule has 0 aromatic carbocycles. The van der Waals surface area contributed by atoms with E-state index in [0.29, 0.717) is 0 Å². The molecule has 2 nitrogen and oxygen atoms in total. The van der Waals surface area contributed by atoms with Gasteiger partial charge >= 0.3 is 0 Å². The smallest absolute Gasteiger partial charge is 0.0631 e. The zero-order valence-corrected chi connectivity index (χ0v) is 14.0. The third-order valence-corrected chi connectivity index (χ3v) is 4.39. The van der Waals surface area contributed by atoms with Gasteiger partial charge in [0.15, 0.2) is 0 Å². The number of allylic oxidation sites excluding steroid dienone is 6. The molecular formula is C20H32N2. The van der Waals surface area contributed by atoms with E-state index in [9.17, 15) is 0 Å². The predicted octanol–water partition coefficient (Wildman–Crippen LogP) is 5.68. The molecule has 0 aromatic rings. The van der Waals surface area contributed by atoms with E-state index in [-0.39, 0.29) is 0 Å². The molecule has 1 aliphatic carbocycles. The molecule has 0 aromatic heterocycles. The molecule has 0 radical (unpaired) electrons. The molecule has 0 bridgehead atoms. The fourth-order valence-corrected chi connectivity index (χ4v) is 3.05. The topological polar surface area (TPSA) is 24.4 Å². The fraction of sp³-hybridized carbons (Fsp3) is 0.650. The van der Waals surface area contributed by atoms with Gasteiger partial charge in [0.05, 0.1) is 5.71 Å². The van der Waals surface area contributed by atoms with Crippen LogP contribution in [0.2, 0.25) is 0 Å². The van der Waals surface area contributed by atoms with E-state index in [1.165, 1.54) is 81.9 Å². The van der Waals surface area contributed by atoms with Gasteiger partial charge in [0.2, 0.25) is 0 Å². The van der Waals surface area contributed by atoms with Crippen LogP contribution in [0.15, 0.2) is 41.1 Å². The first-order valence-electron chi connectivity index (χ1n) is 9.25. The van der Waals surface area contributed by atoms with Gasteiger partial charge in [0.1, 0.15) is 0 Å². The average Bonchev–Trinajstić information content (AvgIpc) is 2.64. The van der Waals surface area contributed by atoms with E-state index in [1.807, 2.05) is 0 Å². The van der Waals surface area contributed by atoms with Crippen molar-refractivity contribution in [2.75, 3.05) is 6.54 Å². The van der Waals surface area contributed by atoms with Crippen molar-refractivity contribution in [1.82, 2.24) is 5.43 Å². The molecule has 0 saturated heterocycles. The molecule has 0 spiro atoms. The molecule has 0 fully saturated rings. The molecular weight excluding hydrogens is 268 g/mol. The zero-order chi connectivity index (χ0) is 15.3. The lowest BCUT2D eigenvalue weighted by atomic mass is 9.98. The molecule has 0 saturated carbocycles. The Balaban J connectivity index is 2.01. The second-order valence-electron chi connectivity index (χ2n) is 6.35. The minimum atomic E-state index is 0.990. The third kappa shape index (κ3) is 7.11. The normalized spacial score (nSPS) is 22.5. The van der Waals surface area contributed by atoms with Gasteiger partial charge in [-0.15, -0.1) is 0 Å². The van der Waals surface area contributed by atoms with Crippen LogP contribution < -0.4 is 5.43 Å². The zero-order valence-electron chi connectivity index (χ0n) is 14.0. The van der Waals surface area contributed by atoms with E-state index >= 15 is 0 Å². The molecule has 2 rings (SSSR count). The Morgan fingerprint density at radius 2 is 1.32 bits per heavy atom. The van der Waals surface area contributed by atoms with Gasteiger partial charge in [-0.05, 0) is 82.6 Å². The molecule has 1 heterocycles. The number of nitrogens with one attached hydrogen (secondary N) is 1. The Morgan fingerprint density at radius 1 is 0.682 bits per heavy atom. The van der Waals surface area contributed by atoms with Crippen LogP contribution >= 0.6 is 0 Å². The highest BCUT2D eigenvalue weighted by Crippen LogP contribution is 2.18. The van der Waals surface area contributed by atoms with Crippen LogP contribution in [0.4, 0.5) is 0 Å². The molecule has 22 heavy (non-hydrogen) atoms. The van der Waals surface area contributed by atoms with Crippen molar-refractivity contribution in [1.29, 1.82) is 0 Å². The van der Waals surface area contributed by atoms with Gasteiger partial charge in [-0.3, -0.25) is 0 Å². The van der Waals surface area contributed by atoms with Crippen LogP contribution in [0.3, 0.4) is 0 Å². The van der Waals surface area contributed by atoms with Crippen molar-refractivity contribution in [2.24, 2.45) is 5.10 Å². The number of rotatable bonds is 1. The Hall–Kier alpha value is -1.31. The van der Waals surface area contributed by atoms with Crippen molar-refractivity contribution in [3.05, 3.63) is 36.0 Å². The van der Waals surface area contributed by atoms with E-state index in [1.54, 1.807) is 0 Å². The van der Waals surface area contributed by atoms with E-state index in [2.05, 4.69) is 35.8 Å². The van der Waals surface area contributed by atoms with Gasteiger partial charge in [-0.25, -0.2) is 0 Å². The predicted molar refractivity (Wildman–Crippen MR) is 97.2 cm³/mol. The monoisotopic (exact) mass is 300 g/mol. The molecule has 122 valence electrons. The molecule has 1 aliphatic heterocycles. The second-order valence-corrected chi connectivity index (χ2v) is 6.35. The summed E-state index contributed by atoms with van der Waals surface area (Å²) in [5.41, 5.74) is 6.13. The third-order valence-electron chi connectivity index (χ3n) is 4.39. The first-order valence-corrected chi connectivity index (χ1v) is 9.25. The van der Waals surface area contributed by atoms with E-state index in [0.717, 1.165) is 13.0 Å². The first kappa shape index (κ1) is 17.1. The van der Waals surface area contributed by atoms with Gasteiger partial charge in [0.25, 0.3) is 0 Å². The highest BCUT2D eigenvalue weighted by atomic mass is 15.3. The van der Waals surface area contributed by atoms with Crippen LogP contribution in [0, 0.1) is 0 Å². The summed E-state index contributed by atoms with van der Waals surface area (Å²) in [7, 11) is 0. The van der Waals surface area contributed by atoms with Crippen LogP contribution in [0.1, 0.15) is 77.0 Å². The summed E-state index contributed by atoms with van der Waals surface area (Å²) in [6, 6.07) is 0. The first-order chi connectivity index (χ1) is 11.0. The largest absolute Gasteiger partial charge is 0.310 e. The van der Waals surface area contributed by atoms with Crippen molar-refractivity contribution >= 4 is 5.71 Å². The summed E-state index contributed by atoms with van der Waals surface area (Å²) >= 11 is 0. The summed E-state index contributed by atoms with van der Waals surface area (Å²) in [4.78, 5) is 0. The highest BCUT2D eigenvalue weighted by Gasteiger charge is 2.08. The van der Waals surface area contributed by atoms with Crippen LogP contribution in [0.5, 0.6) is 0 Å². The van der Waals surface area contributed by atoms with Gasteiger partial charge in [-0.1, -0.05) is 30.4 Å². The molecule has 2 heteroatoms. The summed E-state index contributed by atoms with van der Waals surface area (Å²) in [6.45, 7) is 0.990. The van der Waals surface area contributed by atoms with Gasteiger partial charge in [0, 0.05) is 6.54 Å². The summed E-state index contributed by atoms with van der Waals surface area (Å²) < 4.78 is 0. The van der Waals surface area contributed by atoms with Crippen molar-refractivity contribution in [2.45, 2.75) is 77.0 Å². The average molecular weight is 300 g/mol. The Kier molecular flexibility index (Phi) is 8.74. The molecule has 2 aliphatic rings. The standard InChI is InChI=1S/C20H32N2/c1-2-4-8-12-16-19(15-11-7-3-1)20-17-13-9-5-6-10-14-18-21-22-20/h1,3,5-6,16,21H,2,4,7-15,17-18H2. The van der Waals surface area contributed by atoms with Crippen LogP contribution in [-0.4, -0.2) is 12.3 Å². The number of hydrogen-bond acceptors (Lipinski definition) is 2. The molecule has 1 N–H and O–H groups in total. The Labute approximate surface area is 136 Å². The minimum absolute atomic E-state index is 0.990. The van der Waals surface area contributed by atoms with E-state index < -0.39 is 0 Å². The van der Waals surface area contributed by atoms with Crippen molar-refractivity contribution in [3.8, 4) is 0 Å². The quantitative estimate of drug-likeness (QED) is 0.619.